The Labute approximate surface area is 143 Å². The highest BCUT2D eigenvalue weighted by molar-refractivity contribution is 5.74. The number of carboxylic acid groups (broad SMARTS) is 1. The van der Waals surface area contributed by atoms with Crippen molar-refractivity contribution in [1.82, 2.24) is 9.88 Å². The zero-order chi connectivity index (χ0) is 17.1. The summed E-state index contributed by atoms with van der Waals surface area (Å²) in [6, 6.07) is 11.9. The molecule has 2 atom stereocenters. The zero-order valence-corrected chi connectivity index (χ0v) is 14.3. The van der Waals surface area contributed by atoms with E-state index in [1.807, 2.05) is 18.3 Å². The maximum atomic E-state index is 11.7. The molecule has 0 spiro atoms. The fourth-order valence-corrected chi connectivity index (χ4v) is 3.54. The molecular formula is C20H24N2O2. The Morgan fingerprint density at radius 3 is 2.83 bits per heavy atom. The molecule has 126 valence electrons. The van der Waals surface area contributed by atoms with Crippen LogP contribution in [0.25, 0.3) is 0 Å². The second-order valence-corrected chi connectivity index (χ2v) is 6.50. The number of aryl methyl sites for hydroxylation is 2. The Bertz CT molecular complexity index is 712. The molecule has 1 aromatic heterocycles. The van der Waals surface area contributed by atoms with Gasteiger partial charge in [-0.25, -0.2) is 0 Å². The average Bonchev–Trinajstić information content (AvgIpc) is 3.05. The van der Waals surface area contributed by atoms with Crippen molar-refractivity contribution >= 4 is 5.97 Å². The maximum Gasteiger partial charge on any atom is 0.320 e. The molecule has 24 heavy (non-hydrogen) atoms. The van der Waals surface area contributed by atoms with E-state index in [1.165, 1.54) is 11.1 Å². The molecule has 1 saturated heterocycles. The summed E-state index contributed by atoms with van der Waals surface area (Å²) in [7, 11) is 0. The van der Waals surface area contributed by atoms with Gasteiger partial charge >= 0.3 is 5.97 Å². The van der Waals surface area contributed by atoms with Crippen LogP contribution in [0.1, 0.15) is 48.2 Å². The van der Waals surface area contributed by atoms with Gasteiger partial charge in [0.25, 0.3) is 0 Å². The van der Waals surface area contributed by atoms with Gasteiger partial charge in [-0.1, -0.05) is 42.8 Å². The van der Waals surface area contributed by atoms with Gasteiger partial charge in [0.1, 0.15) is 6.04 Å². The number of aliphatic carboxylic acids is 1. The third kappa shape index (κ3) is 3.34. The molecule has 1 aliphatic rings. The van der Waals surface area contributed by atoms with Crippen LogP contribution >= 0.6 is 0 Å². The number of aromatic nitrogens is 1. The number of carbonyl (C=O) groups is 1. The number of rotatable bonds is 5. The molecule has 1 aromatic carbocycles. The van der Waals surface area contributed by atoms with Crippen molar-refractivity contribution in [3.8, 4) is 0 Å². The van der Waals surface area contributed by atoms with Gasteiger partial charge in [-0.2, -0.15) is 0 Å². The van der Waals surface area contributed by atoms with Crippen LogP contribution < -0.4 is 0 Å². The summed E-state index contributed by atoms with van der Waals surface area (Å²) < 4.78 is 0. The quantitative estimate of drug-likeness (QED) is 0.913. The molecule has 0 bridgehead atoms. The summed E-state index contributed by atoms with van der Waals surface area (Å²) in [4.78, 5) is 18.4. The van der Waals surface area contributed by atoms with Crippen LogP contribution in [0, 0.1) is 6.92 Å². The first-order chi connectivity index (χ1) is 11.6. The van der Waals surface area contributed by atoms with E-state index in [0.29, 0.717) is 6.42 Å². The van der Waals surface area contributed by atoms with E-state index in [1.54, 1.807) is 0 Å². The van der Waals surface area contributed by atoms with Crippen molar-refractivity contribution in [3.63, 3.8) is 0 Å². The molecule has 2 heterocycles. The first-order valence-corrected chi connectivity index (χ1v) is 8.60. The standard InChI is InChI=1S/C20H24N2O2/c1-3-15-9-10-17(21-13-15)19(16-7-4-6-14(2)12-16)22-11-5-8-18(22)20(23)24/h4,6-7,9-10,12-13,18-19H,3,5,8,11H2,1-2H3,(H,23,24). The van der Waals surface area contributed by atoms with Gasteiger partial charge in [-0.05, 0) is 43.4 Å². The van der Waals surface area contributed by atoms with Gasteiger partial charge < -0.3 is 5.11 Å². The molecule has 1 N–H and O–H groups in total. The zero-order valence-electron chi connectivity index (χ0n) is 14.3. The van der Waals surface area contributed by atoms with Crippen LogP contribution in [0.4, 0.5) is 0 Å². The number of hydrogen-bond acceptors (Lipinski definition) is 3. The minimum Gasteiger partial charge on any atom is -0.480 e. The summed E-state index contributed by atoms with van der Waals surface area (Å²) in [5, 5.41) is 9.60. The highest BCUT2D eigenvalue weighted by Crippen LogP contribution is 2.34. The molecule has 3 rings (SSSR count). The molecular weight excluding hydrogens is 300 g/mol. The number of likely N-dealkylation sites (tertiary alicyclic amines) is 1. The van der Waals surface area contributed by atoms with Gasteiger partial charge in [-0.3, -0.25) is 14.7 Å². The Kier molecular flexibility index (Phi) is 4.95. The fourth-order valence-electron chi connectivity index (χ4n) is 3.54. The van der Waals surface area contributed by atoms with Gasteiger partial charge in [0.2, 0.25) is 0 Å². The molecule has 1 aliphatic heterocycles. The number of nitrogens with zero attached hydrogens (tertiary/aromatic N) is 2. The minimum absolute atomic E-state index is 0.112. The predicted molar refractivity (Wildman–Crippen MR) is 94.0 cm³/mol. The van der Waals surface area contributed by atoms with Crippen molar-refractivity contribution in [1.29, 1.82) is 0 Å². The summed E-state index contributed by atoms with van der Waals surface area (Å²) in [5.41, 5.74) is 4.40. The third-order valence-corrected chi connectivity index (χ3v) is 4.80. The monoisotopic (exact) mass is 324 g/mol. The molecule has 2 aromatic rings. The smallest absolute Gasteiger partial charge is 0.320 e. The van der Waals surface area contributed by atoms with E-state index in [2.05, 4.69) is 48.0 Å². The molecule has 2 unspecified atom stereocenters. The lowest BCUT2D eigenvalue weighted by Gasteiger charge is -2.31. The van der Waals surface area contributed by atoms with Crippen LogP contribution in [0.3, 0.4) is 0 Å². The molecule has 4 nitrogen and oxygen atoms in total. The number of benzene rings is 1. The van der Waals surface area contributed by atoms with Gasteiger partial charge in [0.15, 0.2) is 0 Å². The molecule has 0 aliphatic carbocycles. The first-order valence-electron chi connectivity index (χ1n) is 8.60. The SMILES string of the molecule is CCc1ccc(C(c2cccc(C)c2)N2CCCC2C(=O)O)nc1. The lowest BCUT2D eigenvalue weighted by Crippen LogP contribution is -2.39. The van der Waals surface area contributed by atoms with Gasteiger partial charge in [0, 0.05) is 12.7 Å². The van der Waals surface area contributed by atoms with Gasteiger partial charge in [-0.15, -0.1) is 0 Å². The molecule has 0 amide bonds. The van der Waals surface area contributed by atoms with E-state index >= 15 is 0 Å². The van der Waals surface area contributed by atoms with Crippen molar-refractivity contribution in [2.24, 2.45) is 0 Å². The van der Waals surface area contributed by atoms with Crippen LogP contribution in [0.2, 0.25) is 0 Å². The van der Waals surface area contributed by atoms with Gasteiger partial charge in [0.05, 0.1) is 11.7 Å². The lowest BCUT2D eigenvalue weighted by molar-refractivity contribution is -0.142. The minimum atomic E-state index is -0.740. The van der Waals surface area contributed by atoms with Crippen LogP contribution in [0.15, 0.2) is 42.6 Å². The second-order valence-electron chi connectivity index (χ2n) is 6.50. The Hall–Kier alpha value is -2.20. The number of hydrogen-bond donors (Lipinski definition) is 1. The predicted octanol–water partition coefficient (Wildman–Crippen LogP) is 3.59. The number of pyridine rings is 1. The number of carboxylic acids is 1. The molecule has 1 fully saturated rings. The first kappa shape index (κ1) is 16.7. The molecule has 4 heteroatoms. The van der Waals surface area contributed by atoms with E-state index in [9.17, 15) is 9.90 Å². The van der Waals surface area contributed by atoms with E-state index < -0.39 is 12.0 Å². The maximum absolute atomic E-state index is 11.7. The summed E-state index contributed by atoms with van der Waals surface area (Å²) in [6.45, 7) is 4.95. The lowest BCUT2D eigenvalue weighted by atomic mass is 9.98. The molecule has 0 saturated carbocycles. The van der Waals surface area contributed by atoms with E-state index in [-0.39, 0.29) is 6.04 Å². The summed E-state index contributed by atoms with van der Waals surface area (Å²) >= 11 is 0. The Balaban J connectivity index is 2.04. The van der Waals surface area contributed by atoms with Crippen LogP contribution in [-0.2, 0) is 11.2 Å². The fraction of sp³-hybridized carbons (Fsp3) is 0.400. The third-order valence-electron chi connectivity index (χ3n) is 4.80. The topological polar surface area (TPSA) is 53.4 Å². The van der Waals surface area contributed by atoms with Crippen molar-refractivity contribution < 1.29 is 9.90 Å². The van der Waals surface area contributed by atoms with Crippen molar-refractivity contribution in [2.75, 3.05) is 6.54 Å². The highest BCUT2D eigenvalue weighted by Gasteiger charge is 2.37. The largest absolute Gasteiger partial charge is 0.480 e. The van der Waals surface area contributed by atoms with Crippen molar-refractivity contribution in [3.05, 3.63) is 65.0 Å². The summed E-state index contributed by atoms with van der Waals surface area (Å²) in [5.74, 6) is -0.740. The molecule has 0 radical (unpaired) electrons. The second kappa shape index (κ2) is 7.14. The van der Waals surface area contributed by atoms with Crippen molar-refractivity contribution in [2.45, 2.75) is 45.2 Å². The van der Waals surface area contributed by atoms with Crippen LogP contribution in [-0.4, -0.2) is 33.5 Å². The highest BCUT2D eigenvalue weighted by atomic mass is 16.4. The van der Waals surface area contributed by atoms with Crippen LogP contribution in [0.5, 0.6) is 0 Å². The van der Waals surface area contributed by atoms with E-state index in [4.69, 9.17) is 0 Å². The average molecular weight is 324 g/mol. The Morgan fingerprint density at radius 2 is 2.21 bits per heavy atom. The summed E-state index contributed by atoms with van der Waals surface area (Å²) in [6.07, 6.45) is 4.46. The Morgan fingerprint density at radius 1 is 1.38 bits per heavy atom. The van der Waals surface area contributed by atoms with E-state index in [0.717, 1.165) is 30.6 Å². The normalized spacial score (nSPS) is 19.3.